The van der Waals surface area contributed by atoms with Crippen LogP contribution in [0.5, 0.6) is 0 Å². The van der Waals surface area contributed by atoms with Gasteiger partial charge in [0.25, 0.3) is 0 Å². The molecule has 4 heavy (non-hydrogen) atoms. The quantitative estimate of drug-likeness (QED) is 0.425. The van der Waals surface area contributed by atoms with Gasteiger partial charge in [0, 0.05) is 0 Å². The summed E-state index contributed by atoms with van der Waals surface area (Å²) in [6.45, 7) is 0. The summed E-state index contributed by atoms with van der Waals surface area (Å²) < 4.78 is 8.19. The Morgan fingerprint density at radius 3 is 1.25 bits per heavy atom. The molecule has 0 radical (unpaired) electrons. The zero-order valence-electron chi connectivity index (χ0n) is 1.76. The van der Waals surface area contributed by atoms with E-state index in [0.717, 1.165) is 17.4 Å². The molecule has 0 aromatic heterocycles. The van der Waals surface area contributed by atoms with Gasteiger partial charge in [-0.2, -0.15) is 0 Å². The van der Waals surface area contributed by atoms with Crippen LogP contribution in [0.3, 0.4) is 0 Å². The third-order valence-corrected chi connectivity index (χ3v) is 0. The van der Waals surface area contributed by atoms with Gasteiger partial charge in [-0.3, -0.25) is 0 Å². The molecule has 0 aromatic rings. The first-order chi connectivity index (χ1) is 1.00. The van der Waals surface area contributed by atoms with E-state index in [4.69, 9.17) is 3.67 Å². The van der Waals surface area contributed by atoms with Gasteiger partial charge >= 0.3 is 21.0 Å². The van der Waals surface area contributed by atoms with Crippen molar-refractivity contribution in [3.63, 3.8) is 0 Å². The van der Waals surface area contributed by atoms with Gasteiger partial charge in [0.15, 0.2) is 0 Å². The predicted molar refractivity (Wildman–Crippen MR) is 11.5 cm³/mol. The molecule has 0 atom stereocenters. The van der Waals surface area contributed by atoms with E-state index in [-0.39, 0.29) is 17.9 Å². The molecule has 2 nitrogen and oxygen atoms in total. The Labute approximate surface area is 39.5 Å². The maximum absolute atomic E-state index is 8.19. The van der Waals surface area contributed by atoms with Crippen LogP contribution in [-0.4, -0.2) is 5.48 Å². The van der Waals surface area contributed by atoms with Gasteiger partial charge in [-0.15, -0.1) is 12.4 Å². The molecule has 0 aliphatic rings. The van der Waals surface area contributed by atoms with Crippen LogP contribution in [0, 0.1) is 0 Å². The Morgan fingerprint density at radius 2 is 1.25 bits per heavy atom. The van der Waals surface area contributed by atoms with E-state index in [1.807, 2.05) is 0 Å². The number of halogens is 1. The molecule has 0 saturated heterocycles. The van der Waals surface area contributed by atoms with Gasteiger partial charge in [-0.25, -0.2) is 0 Å². The monoisotopic (exact) mass is 121 g/mol. The molecule has 2 N–H and O–H groups in total. The van der Waals surface area contributed by atoms with E-state index >= 15 is 0 Å². The second-order valence-corrected chi connectivity index (χ2v) is 0. The zero-order valence-corrected chi connectivity index (χ0v) is 3.98. The Hall–Kier alpha value is 0.634. The molecule has 0 saturated carbocycles. The van der Waals surface area contributed by atoms with Gasteiger partial charge in [0.05, 0.1) is 0 Å². The third-order valence-electron chi connectivity index (χ3n) is 0. The van der Waals surface area contributed by atoms with Crippen molar-refractivity contribution in [2.45, 2.75) is 0 Å². The van der Waals surface area contributed by atoms with Crippen LogP contribution in [0.2, 0.25) is 0 Å². The number of hydrogen-bond donors (Lipinski definition) is 0. The van der Waals surface area contributed by atoms with E-state index < -0.39 is 0 Å². The molecule has 27 valence electrons. The van der Waals surface area contributed by atoms with E-state index in [1.54, 1.807) is 0 Å². The van der Waals surface area contributed by atoms with Crippen LogP contribution in [0.25, 0.3) is 0 Å². The van der Waals surface area contributed by atoms with Crippen molar-refractivity contribution in [3.8, 4) is 0 Å². The van der Waals surface area contributed by atoms with Gasteiger partial charge in [0.2, 0.25) is 0 Å². The van der Waals surface area contributed by atoms with Crippen LogP contribution < -0.4 is 0 Å². The standard InChI is InChI=1S/ClH.H2O.O.V/h1H;1H2;;. The van der Waals surface area contributed by atoms with E-state index in [2.05, 4.69) is 0 Å². The van der Waals surface area contributed by atoms with E-state index in [9.17, 15) is 0 Å². The molecule has 0 bridgehead atoms. The first-order valence-electron chi connectivity index (χ1n) is 0.183. The molecule has 0 aliphatic heterocycles. The summed E-state index contributed by atoms with van der Waals surface area (Å²) in [6.07, 6.45) is 0. The Kier molecular flexibility index (Phi) is 359. The minimum atomic E-state index is 0. The average molecular weight is 121 g/mol. The Bertz CT molecular complexity index is 6.00. The molecule has 0 spiro atoms. The molecule has 0 fully saturated rings. The van der Waals surface area contributed by atoms with Crippen molar-refractivity contribution in [2.75, 3.05) is 0 Å². The van der Waals surface area contributed by atoms with Gasteiger partial charge in [-0.05, 0) is 0 Å². The fourth-order valence-electron chi connectivity index (χ4n) is 0. The summed E-state index contributed by atoms with van der Waals surface area (Å²) in [5.74, 6) is 0. The Balaban J connectivity index is -0.00000000500. The molecular weight excluding hydrogens is 118 g/mol. The van der Waals surface area contributed by atoms with Crippen molar-refractivity contribution < 1.29 is 26.5 Å². The molecule has 4 heteroatoms. The fourth-order valence-corrected chi connectivity index (χ4v) is 0. The number of rotatable bonds is 0. The van der Waals surface area contributed by atoms with Gasteiger partial charge < -0.3 is 5.48 Å². The topological polar surface area (TPSA) is 48.6 Å². The van der Waals surface area contributed by atoms with Crippen LogP contribution in [0.15, 0.2) is 0 Å². The van der Waals surface area contributed by atoms with Crippen molar-refractivity contribution in [3.05, 3.63) is 0 Å². The van der Waals surface area contributed by atoms with E-state index in [1.165, 1.54) is 0 Å². The van der Waals surface area contributed by atoms with Crippen molar-refractivity contribution >= 4 is 12.4 Å². The first-order valence-corrected chi connectivity index (χ1v) is 0.753. The van der Waals surface area contributed by atoms with Crippen LogP contribution in [0.4, 0.5) is 0 Å². The van der Waals surface area contributed by atoms with Crippen LogP contribution in [-0.2, 0) is 21.0 Å². The second-order valence-electron chi connectivity index (χ2n) is 0. The van der Waals surface area contributed by atoms with Crippen LogP contribution >= 0.6 is 12.4 Å². The third kappa shape index (κ3) is 17.5. The first kappa shape index (κ1) is 22.9. The van der Waals surface area contributed by atoms with Crippen LogP contribution in [0.1, 0.15) is 0 Å². The summed E-state index contributed by atoms with van der Waals surface area (Å²) in [4.78, 5) is 0. The molecule has 0 aromatic carbocycles. The van der Waals surface area contributed by atoms with Crippen molar-refractivity contribution in [1.29, 1.82) is 0 Å². The molecule has 0 heterocycles. The zero-order chi connectivity index (χ0) is 2.00. The summed E-state index contributed by atoms with van der Waals surface area (Å²) in [6, 6.07) is 0. The fraction of sp³-hybridized carbons (Fsp3) is 0. The average Bonchev–Trinajstić information content (AvgIpc) is 1.00. The maximum atomic E-state index is 8.19. The summed E-state index contributed by atoms with van der Waals surface area (Å²) in [7, 11) is 0. The minimum absolute atomic E-state index is 0. The summed E-state index contributed by atoms with van der Waals surface area (Å²) in [5.41, 5.74) is 0. The van der Waals surface area contributed by atoms with Crippen molar-refractivity contribution in [2.24, 2.45) is 0 Å². The summed E-state index contributed by atoms with van der Waals surface area (Å²) in [5, 5.41) is 0. The van der Waals surface area contributed by atoms with Crippen molar-refractivity contribution in [1.82, 2.24) is 0 Å². The number of hydrogen-bond acceptors (Lipinski definition) is 1. The second kappa shape index (κ2) is 62.7. The van der Waals surface area contributed by atoms with E-state index in [0.29, 0.717) is 0 Å². The molecule has 0 aliphatic carbocycles. The SMILES string of the molecule is Cl.O.[O]=[V]. The predicted octanol–water partition coefficient (Wildman–Crippen LogP) is -0.524. The normalized spacial score (nSPS) is 0.750. The molecule has 0 unspecified atom stereocenters. The summed E-state index contributed by atoms with van der Waals surface area (Å²) >= 11 is 1.06. The van der Waals surface area contributed by atoms with Gasteiger partial charge in [0.1, 0.15) is 0 Å². The molecule has 0 amide bonds. The molecule has 0 rings (SSSR count). The molecular formula is H3ClO2V. The Morgan fingerprint density at radius 1 is 1.25 bits per heavy atom. The van der Waals surface area contributed by atoms with Gasteiger partial charge in [-0.1, -0.05) is 0 Å².